The van der Waals surface area contributed by atoms with Gasteiger partial charge >= 0.3 is 11.8 Å². The number of hydrogen-bond acceptors (Lipinski definition) is 7. The van der Waals surface area contributed by atoms with Crippen LogP contribution in [0.5, 0.6) is 0 Å². The van der Waals surface area contributed by atoms with Crippen LogP contribution in [0.3, 0.4) is 0 Å². The lowest BCUT2D eigenvalue weighted by Gasteiger charge is -2.13. The second kappa shape index (κ2) is 4.46. The summed E-state index contributed by atoms with van der Waals surface area (Å²) in [4.78, 5) is 36.5. The van der Waals surface area contributed by atoms with Gasteiger partial charge in [-0.2, -0.15) is 0 Å². The van der Waals surface area contributed by atoms with E-state index in [9.17, 15) is 35.1 Å². The normalized spacial score (nSPS) is 12.8. The minimum absolute atomic E-state index is 0.766. The predicted molar refractivity (Wildman–Crippen MR) is 45.1 cm³/mol. The van der Waals surface area contributed by atoms with Crippen molar-refractivity contribution in [1.82, 2.24) is 0 Å². The van der Waals surface area contributed by atoms with Crippen LogP contribution in [0, 0.1) is 36.3 Å². The molecular formula is C5H7N3O8. The maximum absolute atomic E-state index is 10.5. The molecule has 0 saturated carbocycles. The summed E-state index contributed by atoms with van der Waals surface area (Å²) >= 11 is 0. The third-order valence-corrected chi connectivity index (χ3v) is 1.95. The monoisotopic (exact) mass is 237 g/mol. The van der Waals surface area contributed by atoms with Crippen molar-refractivity contribution in [3.63, 3.8) is 0 Å². The van der Waals surface area contributed by atoms with Crippen LogP contribution in [-0.2, 0) is 4.79 Å². The number of nitro groups is 3. The molecule has 0 aliphatic carbocycles. The lowest BCUT2D eigenvalue weighted by atomic mass is 10.00. The second-order valence-electron chi connectivity index (χ2n) is 2.96. The molecule has 0 aromatic carbocycles. The van der Waals surface area contributed by atoms with E-state index in [1.807, 2.05) is 0 Å². The Labute approximate surface area is 87.1 Å². The molecule has 0 aromatic rings. The molecule has 0 aliphatic rings. The second-order valence-corrected chi connectivity index (χ2v) is 2.96. The number of carbonyl (C=O) groups is 1. The van der Waals surface area contributed by atoms with E-state index in [0.717, 1.165) is 6.92 Å². The van der Waals surface area contributed by atoms with Gasteiger partial charge in [-0.25, -0.2) is 0 Å². The molecule has 11 nitrogen and oxygen atoms in total. The summed E-state index contributed by atoms with van der Waals surface area (Å²) in [6, 6.07) is 0. The molecule has 90 valence electrons. The Hall–Kier alpha value is -2.33. The van der Waals surface area contributed by atoms with Crippen molar-refractivity contribution in [1.29, 1.82) is 0 Å². The fourth-order valence-electron chi connectivity index (χ4n) is 1.14. The molecule has 0 unspecified atom stereocenters. The highest BCUT2D eigenvalue weighted by Crippen LogP contribution is 2.25. The minimum Gasteiger partial charge on any atom is -0.481 e. The van der Waals surface area contributed by atoms with Crippen LogP contribution < -0.4 is 0 Å². The lowest BCUT2D eigenvalue weighted by molar-refractivity contribution is -0.978. The van der Waals surface area contributed by atoms with E-state index < -0.39 is 38.9 Å². The Balaban J connectivity index is 5.53. The van der Waals surface area contributed by atoms with Gasteiger partial charge in [0.25, 0.3) is 0 Å². The van der Waals surface area contributed by atoms with Crippen LogP contribution in [0.25, 0.3) is 0 Å². The Morgan fingerprint density at radius 1 is 1.19 bits per heavy atom. The first-order valence-corrected chi connectivity index (χ1v) is 3.82. The van der Waals surface area contributed by atoms with Gasteiger partial charge in [0.05, 0.1) is 6.42 Å². The third-order valence-electron chi connectivity index (χ3n) is 1.95. The predicted octanol–water partition coefficient (Wildman–Crippen LogP) is -0.419. The summed E-state index contributed by atoms with van der Waals surface area (Å²) in [5.74, 6) is -7.20. The van der Waals surface area contributed by atoms with Crippen LogP contribution in [-0.4, -0.2) is 31.6 Å². The largest absolute Gasteiger partial charge is 0.702 e. The molecule has 0 saturated heterocycles. The third kappa shape index (κ3) is 2.02. The van der Waals surface area contributed by atoms with E-state index in [0.29, 0.717) is 0 Å². The number of carboxylic acid groups (broad SMARTS) is 1. The summed E-state index contributed by atoms with van der Waals surface area (Å²) in [6.07, 6.45) is -1.05. The van der Waals surface area contributed by atoms with Gasteiger partial charge in [0.1, 0.15) is 0 Å². The average molecular weight is 237 g/mol. The zero-order valence-corrected chi connectivity index (χ0v) is 7.93. The van der Waals surface area contributed by atoms with Crippen molar-refractivity contribution < 1.29 is 24.7 Å². The van der Waals surface area contributed by atoms with E-state index in [1.165, 1.54) is 0 Å². The van der Waals surface area contributed by atoms with Crippen molar-refractivity contribution in [2.75, 3.05) is 0 Å². The van der Waals surface area contributed by atoms with Crippen molar-refractivity contribution in [2.45, 2.75) is 19.1 Å². The number of carboxylic acids is 1. The molecule has 1 N–H and O–H groups in total. The van der Waals surface area contributed by atoms with Crippen LogP contribution in [0.2, 0.25) is 0 Å². The fourth-order valence-corrected chi connectivity index (χ4v) is 1.14. The Bertz CT molecular complexity index is 316. The van der Waals surface area contributed by atoms with Crippen molar-refractivity contribution >= 4 is 5.97 Å². The fraction of sp³-hybridized carbons (Fsp3) is 0.800. The van der Waals surface area contributed by atoms with Crippen molar-refractivity contribution in [3.8, 4) is 0 Å². The van der Waals surface area contributed by atoms with Crippen molar-refractivity contribution in [3.05, 3.63) is 30.3 Å². The van der Waals surface area contributed by atoms with Gasteiger partial charge in [0.15, 0.2) is 20.7 Å². The molecule has 0 heterocycles. The first kappa shape index (κ1) is 13.7. The summed E-state index contributed by atoms with van der Waals surface area (Å²) < 4.78 is 0. The van der Waals surface area contributed by atoms with E-state index in [1.54, 1.807) is 0 Å². The van der Waals surface area contributed by atoms with E-state index in [4.69, 9.17) is 5.11 Å². The summed E-state index contributed by atoms with van der Waals surface area (Å²) in [7, 11) is 0. The molecule has 0 bridgehead atoms. The van der Waals surface area contributed by atoms with E-state index >= 15 is 0 Å². The van der Waals surface area contributed by atoms with Crippen LogP contribution in [0.4, 0.5) is 0 Å². The van der Waals surface area contributed by atoms with Gasteiger partial charge in [-0.1, -0.05) is 0 Å². The number of rotatable bonds is 6. The maximum Gasteiger partial charge on any atom is 0.702 e. The van der Waals surface area contributed by atoms with Gasteiger partial charge in [-0.05, 0) is 6.92 Å². The first-order chi connectivity index (χ1) is 7.17. The first-order valence-electron chi connectivity index (χ1n) is 3.82. The SMILES string of the molecule is C[C@H](CC(=O)O)C([N+](=O)[O-])([N+](=O)[O-])[N+](=O)[O-]. The zero-order chi connectivity index (χ0) is 13.1. The molecule has 0 radical (unpaired) electrons. The van der Waals surface area contributed by atoms with Gasteiger partial charge in [-0.15, -0.1) is 0 Å². The molecular weight excluding hydrogens is 230 g/mol. The number of nitrogens with zero attached hydrogens (tertiary/aromatic N) is 3. The Kier molecular flexibility index (Phi) is 3.81. The van der Waals surface area contributed by atoms with E-state index in [2.05, 4.69) is 0 Å². The summed E-state index contributed by atoms with van der Waals surface area (Å²) in [5.41, 5.74) is 0. The van der Waals surface area contributed by atoms with Crippen LogP contribution in [0.15, 0.2) is 0 Å². The molecule has 1 atom stereocenters. The zero-order valence-electron chi connectivity index (χ0n) is 7.93. The van der Waals surface area contributed by atoms with Crippen LogP contribution >= 0.6 is 0 Å². The quantitative estimate of drug-likeness (QED) is 0.369. The molecule has 0 rings (SSSR count). The topological polar surface area (TPSA) is 167 Å². The smallest absolute Gasteiger partial charge is 0.481 e. The molecule has 16 heavy (non-hydrogen) atoms. The highest BCUT2D eigenvalue weighted by Gasteiger charge is 2.74. The van der Waals surface area contributed by atoms with Crippen molar-refractivity contribution in [2.24, 2.45) is 5.92 Å². The number of hydrogen-bond donors (Lipinski definition) is 1. The molecule has 0 aromatic heterocycles. The van der Waals surface area contributed by atoms with Gasteiger partial charge < -0.3 is 5.11 Å². The highest BCUT2D eigenvalue weighted by atomic mass is 16.7. The minimum atomic E-state index is -3.72. The van der Waals surface area contributed by atoms with Crippen LogP contribution in [0.1, 0.15) is 13.3 Å². The average Bonchev–Trinajstić information content (AvgIpc) is 1.99. The molecule has 0 amide bonds. The molecule has 0 fully saturated rings. The van der Waals surface area contributed by atoms with Gasteiger partial charge in [0, 0.05) is 0 Å². The van der Waals surface area contributed by atoms with E-state index in [-0.39, 0.29) is 0 Å². The maximum atomic E-state index is 10.5. The molecule has 0 aliphatic heterocycles. The molecule has 11 heteroatoms. The summed E-state index contributed by atoms with van der Waals surface area (Å²) in [5, 5.41) is 39.7. The standard InChI is InChI=1S/C5H7N3O8/c1-3(2-4(9)10)5(6(11)12,7(13)14)8(15)16/h3H,2H2,1H3,(H,9,10)/t3-/m1/s1. The summed E-state index contributed by atoms with van der Waals surface area (Å²) in [6.45, 7) is 0.766. The Morgan fingerprint density at radius 3 is 1.69 bits per heavy atom. The Morgan fingerprint density at radius 2 is 1.50 bits per heavy atom. The van der Waals surface area contributed by atoms with Gasteiger partial charge in [-0.3, -0.25) is 35.1 Å². The highest BCUT2D eigenvalue weighted by molar-refractivity contribution is 5.67. The number of aliphatic carboxylic acids is 1. The lowest BCUT2D eigenvalue weighted by Crippen LogP contribution is -2.58. The van der Waals surface area contributed by atoms with Gasteiger partial charge in [0.2, 0.25) is 0 Å². The molecule has 0 spiro atoms.